The van der Waals surface area contributed by atoms with E-state index in [1.165, 1.54) is 31.0 Å². The molecule has 2 saturated heterocycles. The highest BCUT2D eigenvalue weighted by atomic mass is 19.3. The number of nitrogens with zero attached hydrogens (tertiary/aromatic N) is 3. The van der Waals surface area contributed by atoms with Crippen LogP contribution in [0.5, 0.6) is 0 Å². The van der Waals surface area contributed by atoms with Gasteiger partial charge in [-0.15, -0.1) is 0 Å². The van der Waals surface area contributed by atoms with E-state index >= 15 is 0 Å². The van der Waals surface area contributed by atoms with Crippen LogP contribution < -0.4 is 10.6 Å². The zero-order chi connectivity index (χ0) is 24.3. The number of rotatable bonds is 8. The number of halogens is 3. The summed E-state index contributed by atoms with van der Waals surface area (Å²) in [6.45, 7) is 2.74. The molecule has 4 rings (SSSR count). The highest BCUT2D eigenvalue weighted by molar-refractivity contribution is 5.87. The first kappa shape index (κ1) is 24.3. The minimum Gasteiger partial charge on any atom is -0.341 e. The molecule has 1 aromatic rings. The highest BCUT2D eigenvalue weighted by Crippen LogP contribution is 2.42. The summed E-state index contributed by atoms with van der Waals surface area (Å²) in [6, 6.07) is 5.55. The lowest BCUT2D eigenvalue weighted by molar-refractivity contribution is -0.125. The summed E-state index contributed by atoms with van der Waals surface area (Å²) < 4.78 is 43.4. The lowest BCUT2D eigenvalue weighted by Crippen LogP contribution is -2.65. The Morgan fingerprint density at radius 1 is 1.21 bits per heavy atom. The third-order valence-electron chi connectivity index (χ3n) is 7.13. The van der Waals surface area contributed by atoms with Gasteiger partial charge < -0.3 is 20.4 Å². The Hall–Kier alpha value is -2.80. The first-order valence-corrected chi connectivity index (χ1v) is 11.8. The average molecular weight is 478 g/mol. The third kappa shape index (κ3) is 5.81. The van der Waals surface area contributed by atoms with Crippen molar-refractivity contribution in [3.8, 4) is 6.07 Å². The van der Waals surface area contributed by atoms with Crippen LogP contribution in [0.25, 0.3) is 0 Å². The number of benzene rings is 1. The van der Waals surface area contributed by atoms with Gasteiger partial charge in [-0.05, 0) is 50.4 Å². The van der Waals surface area contributed by atoms with Crippen LogP contribution in [0.15, 0.2) is 24.3 Å². The van der Waals surface area contributed by atoms with Gasteiger partial charge in [0, 0.05) is 37.4 Å². The first-order valence-electron chi connectivity index (χ1n) is 11.8. The van der Waals surface area contributed by atoms with Crippen molar-refractivity contribution in [3.05, 3.63) is 35.6 Å². The van der Waals surface area contributed by atoms with E-state index in [1.54, 1.807) is 11.0 Å². The Labute approximate surface area is 197 Å². The quantitative estimate of drug-likeness (QED) is 0.564. The summed E-state index contributed by atoms with van der Waals surface area (Å²) in [5.74, 6) is -5.07. The molecule has 3 amide bonds. The number of nitriles is 1. The molecule has 7 nitrogen and oxygen atoms in total. The molecular formula is C24H30F3N5O2. The number of carbonyl (C=O) groups excluding carboxylic acids is 2. The van der Waals surface area contributed by atoms with E-state index in [2.05, 4.69) is 15.5 Å². The van der Waals surface area contributed by atoms with E-state index in [1.807, 2.05) is 0 Å². The largest absolute Gasteiger partial charge is 0.341 e. The van der Waals surface area contributed by atoms with Crippen LogP contribution in [0.4, 0.5) is 18.0 Å². The van der Waals surface area contributed by atoms with Crippen LogP contribution in [0.2, 0.25) is 0 Å². The summed E-state index contributed by atoms with van der Waals surface area (Å²) in [7, 11) is 0. The van der Waals surface area contributed by atoms with Crippen molar-refractivity contribution in [1.29, 1.82) is 5.26 Å². The Bertz CT molecular complexity index is 946. The van der Waals surface area contributed by atoms with Gasteiger partial charge in [0.05, 0.1) is 6.07 Å². The fourth-order valence-electron chi connectivity index (χ4n) is 5.02. The molecule has 0 aromatic heterocycles. The maximum absolute atomic E-state index is 14.8. The molecule has 1 aromatic carbocycles. The highest BCUT2D eigenvalue weighted by Gasteiger charge is 2.49. The second kappa shape index (κ2) is 9.82. The third-order valence-corrected chi connectivity index (χ3v) is 7.13. The zero-order valence-electron chi connectivity index (χ0n) is 19.0. The predicted molar refractivity (Wildman–Crippen MR) is 118 cm³/mol. The van der Waals surface area contributed by atoms with Crippen LogP contribution in [-0.2, 0) is 11.2 Å². The molecule has 2 heterocycles. The summed E-state index contributed by atoms with van der Waals surface area (Å²) in [5.41, 5.74) is -0.104. The minimum atomic E-state index is -3.45. The van der Waals surface area contributed by atoms with Gasteiger partial charge in [0.15, 0.2) is 0 Å². The van der Waals surface area contributed by atoms with E-state index in [4.69, 9.17) is 5.26 Å². The molecule has 1 atom stereocenters. The SMILES string of the molecule is N#CCNC(=O)[C@H](CC(F)(F)Cc1ccccc1F)NC(=O)N1CC2(CCN(C3CC3)CC2)C1. The second-order valence-electron chi connectivity index (χ2n) is 9.83. The second-order valence-corrected chi connectivity index (χ2v) is 9.83. The average Bonchev–Trinajstić information content (AvgIpc) is 3.62. The summed E-state index contributed by atoms with van der Waals surface area (Å²) >= 11 is 0. The van der Waals surface area contributed by atoms with Crippen molar-refractivity contribution in [2.45, 2.75) is 56.5 Å². The van der Waals surface area contributed by atoms with Gasteiger partial charge in [0.25, 0.3) is 5.92 Å². The summed E-state index contributed by atoms with van der Waals surface area (Å²) in [6.07, 6.45) is 2.62. The molecule has 1 spiro atoms. The topological polar surface area (TPSA) is 88.5 Å². The molecule has 184 valence electrons. The fourth-order valence-corrected chi connectivity index (χ4v) is 5.02. The minimum absolute atomic E-state index is 0.0655. The number of piperidine rings is 1. The van der Waals surface area contributed by atoms with Gasteiger partial charge in [-0.2, -0.15) is 5.26 Å². The summed E-state index contributed by atoms with van der Waals surface area (Å²) in [4.78, 5) is 29.3. The molecule has 2 aliphatic heterocycles. The molecular weight excluding hydrogens is 447 g/mol. The number of hydrogen-bond acceptors (Lipinski definition) is 4. The Kier molecular flexibility index (Phi) is 7.03. The fraction of sp³-hybridized carbons (Fsp3) is 0.625. The van der Waals surface area contributed by atoms with E-state index in [9.17, 15) is 22.8 Å². The molecule has 10 heteroatoms. The van der Waals surface area contributed by atoms with Crippen molar-refractivity contribution >= 4 is 11.9 Å². The lowest BCUT2D eigenvalue weighted by atomic mass is 9.72. The van der Waals surface area contributed by atoms with Crippen LogP contribution in [-0.4, -0.2) is 72.5 Å². The monoisotopic (exact) mass is 477 g/mol. The Balaban J connectivity index is 1.34. The summed E-state index contributed by atoms with van der Waals surface area (Å²) in [5, 5.41) is 13.4. The Morgan fingerprint density at radius 2 is 1.88 bits per heavy atom. The van der Waals surface area contributed by atoms with Crippen molar-refractivity contribution in [3.63, 3.8) is 0 Å². The smallest absolute Gasteiger partial charge is 0.318 e. The molecule has 0 radical (unpaired) electrons. The molecule has 0 unspecified atom stereocenters. The number of alkyl halides is 2. The normalized spacial score (nSPS) is 20.8. The number of hydrogen-bond donors (Lipinski definition) is 2. The number of likely N-dealkylation sites (tertiary alicyclic amines) is 2. The molecule has 2 N–H and O–H groups in total. The maximum Gasteiger partial charge on any atom is 0.318 e. The van der Waals surface area contributed by atoms with Gasteiger partial charge >= 0.3 is 6.03 Å². The Morgan fingerprint density at radius 3 is 2.50 bits per heavy atom. The van der Waals surface area contributed by atoms with Gasteiger partial charge in [-0.3, -0.25) is 4.79 Å². The predicted octanol–water partition coefficient (Wildman–Crippen LogP) is 2.67. The van der Waals surface area contributed by atoms with Crippen molar-refractivity contribution in [2.75, 3.05) is 32.7 Å². The maximum atomic E-state index is 14.8. The molecule has 1 saturated carbocycles. The number of carbonyl (C=O) groups is 2. The van der Waals surface area contributed by atoms with Gasteiger partial charge in [-0.1, -0.05) is 18.2 Å². The molecule has 1 aliphatic carbocycles. The van der Waals surface area contributed by atoms with E-state index in [-0.39, 0.29) is 17.5 Å². The van der Waals surface area contributed by atoms with Crippen LogP contribution in [0.3, 0.4) is 0 Å². The van der Waals surface area contributed by atoms with E-state index in [0.717, 1.165) is 38.0 Å². The van der Waals surface area contributed by atoms with Crippen LogP contribution in [0, 0.1) is 22.6 Å². The number of urea groups is 1. The van der Waals surface area contributed by atoms with Crippen molar-refractivity contribution in [2.24, 2.45) is 5.41 Å². The molecule has 3 fully saturated rings. The number of nitrogens with one attached hydrogen (secondary N) is 2. The van der Waals surface area contributed by atoms with Crippen LogP contribution in [0.1, 0.15) is 37.7 Å². The number of amides is 3. The van der Waals surface area contributed by atoms with Crippen LogP contribution >= 0.6 is 0 Å². The molecule has 0 bridgehead atoms. The standard InChI is InChI=1S/C24H30F3N5O2/c25-19-4-2-1-3-17(19)13-24(26,27)14-20(21(33)29-10-9-28)30-22(34)32-15-23(16-32)7-11-31(12-8-23)18-5-6-18/h1-4,18,20H,5-8,10-16H2,(H,29,33)(H,30,34)/t20-/m0/s1. The molecule has 3 aliphatic rings. The van der Waals surface area contributed by atoms with Gasteiger partial charge in [0.2, 0.25) is 5.91 Å². The van der Waals surface area contributed by atoms with Crippen molar-refractivity contribution in [1.82, 2.24) is 20.4 Å². The van der Waals surface area contributed by atoms with Crippen molar-refractivity contribution < 1.29 is 22.8 Å². The molecule has 34 heavy (non-hydrogen) atoms. The van der Waals surface area contributed by atoms with Gasteiger partial charge in [0.1, 0.15) is 18.4 Å². The van der Waals surface area contributed by atoms with Gasteiger partial charge in [-0.25, -0.2) is 18.0 Å². The van der Waals surface area contributed by atoms with E-state index in [0.29, 0.717) is 13.1 Å². The van der Waals surface area contributed by atoms with E-state index < -0.39 is 42.6 Å². The lowest BCUT2D eigenvalue weighted by Gasteiger charge is -2.54. The zero-order valence-corrected chi connectivity index (χ0v) is 19.0. The first-order chi connectivity index (χ1) is 16.2.